The molecule has 2 heterocycles. The second kappa shape index (κ2) is 6.59. The third-order valence-corrected chi connectivity index (χ3v) is 5.94. The zero-order valence-corrected chi connectivity index (χ0v) is 14.7. The molecule has 6 heteroatoms. The Hall–Kier alpha value is -1.43. The molecule has 0 aromatic carbocycles. The summed E-state index contributed by atoms with van der Waals surface area (Å²) in [6, 6.07) is 0. The minimum absolute atomic E-state index is 0.0708. The topological polar surface area (TPSA) is 62.3 Å². The van der Waals surface area contributed by atoms with E-state index >= 15 is 0 Å². The Bertz CT molecular complexity index is 566. The van der Waals surface area contributed by atoms with Crippen molar-refractivity contribution in [2.24, 2.45) is 11.8 Å². The number of aromatic nitrogens is 1. The number of carbonyl (C=O) groups is 2. The minimum atomic E-state index is -0.624. The molecule has 1 N–H and O–H groups in total. The van der Waals surface area contributed by atoms with Gasteiger partial charge in [0.1, 0.15) is 5.01 Å². The fourth-order valence-corrected chi connectivity index (χ4v) is 3.86. The summed E-state index contributed by atoms with van der Waals surface area (Å²) in [4.78, 5) is 31.4. The van der Waals surface area contributed by atoms with Gasteiger partial charge in [0.25, 0.3) is 0 Å². The highest BCUT2D eigenvalue weighted by Crippen LogP contribution is 2.30. The summed E-state index contributed by atoms with van der Waals surface area (Å²) in [6.45, 7) is 5.91. The summed E-state index contributed by atoms with van der Waals surface area (Å²) in [7, 11) is 0. The molecule has 1 aromatic rings. The number of likely N-dealkylation sites (tertiary alicyclic amines) is 1. The van der Waals surface area contributed by atoms with E-state index in [-0.39, 0.29) is 17.7 Å². The Morgan fingerprint density at radius 1 is 1.39 bits per heavy atom. The first kappa shape index (κ1) is 16.4. The van der Waals surface area contributed by atoms with Crippen molar-refractivity contribution in [1.82, 2.24) is 15.2 Å². The molecule has 1 atom stereocenters. The van der Waals surface area contributed by atoms with Crippen LogP contribution in [0.25, 0.3) is 0 Å². The van der Waals surface area contributed by atoms with Gasteiger partial charge < -0.3 is 10.2 Å². The first-order valence-electron chi connectivity index (χ1n) is 8.45. The van der Waals surface area contributed by atoms with Crippen molar-refractivity contribution in [3.63, 3.8) is 0 Å². The van der Waals surface area contributed by atoms with Gasteiger partial charge in [0.2, 0.25) is 11.8 Å². The van der Waals surface area contributed by atoms with E-state index in [2.05, 4.69) is 10.3 Å². The number of nitrogens with zero attached hydrogens (tertiary/aromatic N) is 2. The molecule has 2 amide bonds. The molecule has 1 saturated heterocycles. The maximum atomic E-state index is 12.9. The molecule has 126 valence electrons. The Kier molecular flexibility index (Phi) is 4.71. The highest BCUT2D eigenvalue weighted by atomic mass is 32.1. The fourth-order valence-electron chi connectivity index (χ4n) is 3.11. The van der Waals surface area contributed by atoms with Crippen molar-refractivity contribution < 1.29 is 9.59 Å². The van der Waals surface area contributed by atoms with Crippen LogP contribution < -0.4 is 5.32 Å². The lowest BCUT2D eigenvalue weighted by Crippen LogP contribution is -2.50. The van der Waals surface area contributed by atoms with Gasteiger partial charge in [0.15, 0.2) is 0 Å². The third kappa shape index (κ3) is 3.74. The van der Waals surface area contributed by atoms with Crippen molar-refractivity contribution in [3.05, 3.63) is 16.6 Å². The summed E-state index contributed by atoms with van der Waals surface area (Å²) >= 11 is 1.51. The number of hydrogen-bond donors (Lipinski definition) is 1. The minimum Gasteiger partial charge on any atom is -0.356 e. The maximum absolute atomic E-state index is 12.9. The number of piperidine rings is 1. The molecule has 3 rings (SSSR count). The molecule has 1 unspecified atom stereocenters. The number of thiazole rings is 1. The van der Waals surface area contributed by atoms with Gasteiger partial charge in [-0.3, -0.25) is 9.59 Å². The molecule has 5 nitrogen and oxygen atoms in total. The van der Waals surface area contributed by atoms with Crippen molar-refractivity contribution in [3.8, 4) is 0 Å². The predicted molar refractivity (Wildman–Crippen MR) is 90.2 cm³/mol. The number of rotatable bonds is 5. The molecular formula is C17H25N3O2S. The van der Waals surface area contributed by atoms with Gasteiger partial charge in [0, 0.05) is 31.2 Å². The third-order valence-electron chi connectivity index (χ3n) is 4.84. The van der Waals surface area contributed by atoms with Crippen molar-refractivity contribution in [1.29, 1.82) is 0 Å². The lowest BCUT2D eigenvalue weighted by Gasteiger charge is -2.36. The van der Waals surface area contributed by atoms with E-state index in [1.54, 1.807) is 6.20 Å². The fraction of sp³-hybridized carbons (Fsp3) is 0.706. The zero-order chi connectivity index (χ0) is 16.4. The lowest BCUT2D eigenvalue weighted by atomic mass is 9.89. The van der Waals surface area contributed by atoms with E-state index in [0.29, 0.717) is 12.5 Å². The van der Waals surface area contributed by atoms with Crippen LogP contribution in [0, 0.1) is 11.8 Å². The smallest absolute Gasteiger partial charge is 0.235 e. The summed E-state index contributed by atoms with van der Waals surface area (Å²) in [5.74, 6) is 0.802. The van der Waals surface area contributed by atoms with Crippen molar-refractivity contribution in [2.45, 2.75) is 44.9 Å². The van der Waals surface area contributed by atoms with Crippen molar-refractivity contribution >= 4 is 23.2 Å². The van der Waals surface area contributed by atoms with Crippen molar-refractivity contribution in [2.75, 3.05) is 19.6 Å². The average molecular weight is 335 g/mol. The second-order valence-electron chi connectivity index (χ2n) is 7.24. The normalized spacial score (nSPS) is 22.0. The predicted octanol–water partition coefficient (Wildman–Crippen LogP) is 2.19. The number of nitrogens with one attached hydrogen (secondary N) is 1. The van der Waals surface area contributed by atoms with Gasteiger partial charge in [-0.05, 0) is 45.4 Å². The first-order valence-corrected chi connectivity index (χ1v) is 9.33. The average Bonchev–Trinajstić information content (AvgIpc) is 3.21. The summed E-state index contributed by atoms with van der Waals surface area (Å²) in [5, 5.41) is 5.79. The zero-order valence-electron chi connectivity index (χ0n) is 13.9. The highest BCUT2D eigenvalue weighted by Gasteiger charge is 2.39. The Morgan fingerprint density at radius 2 is 2.17 bits per heavy atom. The van der Waals surface area contributed by atoms with Crippen LogP contribution in [0.1, 0.15) is 44.5 Å². The van der Waals surface area contributed by atoms with Gasteiger partial charge in [-0.2, -0.15) is 0 Å². The second-order valence-corrected chi connectivity index (χ2v) is 8.14. The monoisotopic (exact) mass is 335 g/mol. The van der Waals surface area contributed by atoms with Crippen LogP contribution >= 0.6 is 11.3 Å². The van der Waals surface area contributed by atoms with Crippen LogP contribution in [0.5, 0.6) is 0 Å². The van der Waals surface area contributed by atoms with Gasteiger partial charge in [-0.25, -0.2) is 4.98 Å². The molecule has 0 spiro atoms. The number of hydrogen-bond acceptors (Lipinski definition) is 4. The van der Waals surface area contributed by atoms with Crippen LogP contribution in [-0.4, -0.2) is 41.3 Å². The van der Waals surface area contributed by atoms with Gasteiger partial charge >= 0.3 is 0 Å². The van der Waals surface area contributed by atoms with E-state index in [1.807, 2.05) is 24.1 Å². The number of carbonyl (C=O) groups excluding carboxylic acids is 2. The Labute approximate surface area is 141 Å². The Morgan fingerprint density at radius 3 is 2.83 bits per heavy atom. The van der Waals surface area contributed by atoms with Gasteiger partial charge in [0.05, 0.1) is 11.3 Å². The van der Waals surface area contributed by atoms with E-state index in [9.17, 15) is 9.59 Å². The molecule has 1 aliphatic carbocycles. The van der Waals surface area contributed by atoms with Crippen LogP contribution in [0.15, 0.2) is 11.6 Å². The summed E-state index contributed by atoms with van der Waals surface area (Å²) in [5.41, 5.74) is -0.624. The largest absolute Gasteiger partial charge is 0.356 e. The highest BCUT2D eigenvalue weighted by molar-refractivity contribution is 7.09. The van der Waals surface area contributed by atoms with E-state index in [1.165, 1.54) is 24.2 Å². The van der Waals surface area contributed by atoms with E-state index in [4.69, 9.17) is 0 Å². The molecule has 2 fully saturated rings. The Balaban J connectivity index is 1.60. The van der Waals surface area contributed by atoms with Crippen LogP contribution in [-0.2, 0) is 15.0 Å². The molecular weight excluding hydrogens is 310 g/mol. The molecule has 1 aromatic heterocycles. The van der Waals surface area contributed by atoms with E-state index in [0.717, 1.165) is 30.9 Å². The summed E-state index contributed by atoms with van der Waals surface area (Å²) < 4.78 is 0. The van der Waals surface area contributed by atoms with Crippen LogP contribution in [0.2, 0.25) is 0 Å². The van der Waals surface area contributed by atoms with Gasteiger partial charge in [-0.15, -0.1) is 11.3 Å². The van der Waals surface area contributed by atoms with Crippen LogP contribution in [0.3, 0.4) is 0 Å². The molecule has 0 bridgehead atoms. The first-order chi connectivity index (χ1) is 11.0. The van der Waals surface area contributed by atoms with E-state index < -0.39 is 5.41 Å². The lowest BCUT2D eigenvalue weighted by molar-refractivity contribution is -0.140. The van der Waals surface area contributed by atoms with Gasteiger partial charge in [-0.1, -0.05) is 0 Å². The SMILES string of the molecule is CC(C)(C(=O)N1CCCC(C(=O)NCC2CC2)C1)c1nccs1. The molecule has 2 aliphatic rings. The molecule has 1 aliphatic heterocycles. The quantitative estimate of drug-likeness (QED) is 0.897. The number of amides is 2. The van der Waals surface area contributed by atoms with Crippen LogP contribution in [0.4, 0.5) is 0 Å². The maximum Gasteiger partial charge on any atom is 0.235 e. The molecule has 0 radical (unpaired) electrons. The molecule has 23 heavy (non-hydrogen) atoms. The standard InChI is InChI=1S/C17H25N3O2S/c1-17(2,15-18-7-9-23-15)16(22)20-8-3-4-13(11-20)14(21)19-10-12-5-6-12/h7,9,12-13H,3-6,8,10-11H2,1-2H3,(H,19,21). The summed E-state index contributed by atoms with van der Waals surface area (Å²) in [6.07, 6.45) is 5.97. The molecule has 1 saturated carbocycles.